The van der Waals surface area contributed by atoms with Gasteiger partial charge in [-0.25, -0.2) is 9.38 Å². The fourth-order valence-corrected chi connectivity index (χ4v) is 3.96. The van der Waals surface area contributed by atoms with E-state index in [0.717, 1.165) is 16.3 Å². The number of alkyl halides is 3. The van der Waals surface area contributed by atoms with Crippen molar-refractivity contribution in [1.82, 2.24) is 0 Å². The summed E-state index contributed by atoms with van der Waals surface area (Å²) >= 11 is 1.50. The molecule has 1 aliphatic heterocycles. The van der Waals surface area contributed by atoms with Crippen molar-refractivity contribution in [2.45, 2.75) is 18.8 Å². The highest BCUT2D eigenvalue weighted by Crippen LogP contribution is 2.37. The van der Waals surface area contributed by atoms with Crippen molar-refractivity contribution in [2.24, 2.45) is 10.7 Å². The van der Waals surface area contributed by atoms with E-state index in [1.165, 1.54) is 11.3 Å². The number of benzene rings is 2. The maximum atomic E-state index is 13.9. The lowest BCUT2D eigenvalue weighted by Crippen LogP contribution is -2.35. The monoisotopic (exact) mass is 448 g/mol. The molecule has 0 saturated carbocycles. The van der Waals surface area contributed by atoms with E-state index in [2.05, 4.69) is 10.3 Å². The van der Waals surface area contributed by atoms with Crippen LogP contribution in [0.25, 0.3) is 0 Å². The van der Waals surface area contributed by atoms with Gasteiger partial charge in [0.2, 0.25) is 5.91 Å². The second kappa shape index (κ2) is 8.12. The van der Waals surface area contributed by atoms with Crippen LogP contribution in [-0.4, -0.2) is 12.2 Å². The van der Waals surface area contributed by atoms with Gasteiger partial charge in [-0.15, -0.1) is 11.3 Å². The number of anilines is 2. The zero-order valence-corrected chi connectivity index (χ0v) is 16.7. The molecule has 10 heteroatoms. The van der Waals surface area contributed by atoms with E-state index < -0.39 is 36.1 Å². The number of aliphatic imine (C=N–C) groups is 1. The zero-order chi connectivity index (χ0) is 22.2. The van der Waals surface area contributed by atoms with Gasteiger partial charge in [-0.05, 0) is 59.5 Å². The smallest absolute Gasteiger partial charge is 0.326 e. The molecule has 160 valence electrons. The molecule has 0 radical (unpaired) electrons. The fraction of sp³-hybridized carbons (Fsp3) is 0.143. The number of thiophene rings is 1. The molecule has 3 N–H and O–H groups in total. The van der Waals surface area contributed by atoms with Crippen molar-refractivity contribution in [1.29, 1.82) is 0 Å². The number of carbonyl (C=O) groups excluding carboxylic acids is 1. The molecule has 1 unspecified atom stereocenters. The van der Waals surface area contributed by atoms with E-state index in [4.69, 9.17) is 5.73 Å². The molecule has 1 atom stereocenters. The Kier molecular flexibility index (Phi) is 5.50. The van der Waals surface area contributed by atoms with Crippen molar-refractivity contribution in [3.63, 3.8) is 0 Å². The van der Waals surface area contributed by atoms with Gasteiger partial charge in [-0.2, -0.15) is 13.2 Å². The van der Waals surface area contributed by atoms with Crippen LogP contribution in [0.3, 0.4) is 0 Å². The average Bonchev–Trinajstić information content (AvgIpc) is 3.20. The van der Waals surface area contributed by atoms with Crippen LogP contribution in [0.1, 0.15) is 22.9 Å². The number of hydrogen-bond donors (Lipinski definition) is 2. The second-order valence-corrected chi connectivity index (χ2v) is 7.75. The van der Waals surface area contributed by atoms with E-state index in [1.807, 2.05) is 11.4 Å². The Hall–Kier alpha value is -3.24. The van der Waals surface area contributed by atoms with Gasteiger partial charge >= 0.3 is 6.18 Å². The van der Waals surface area contributed by atoms with Gasteiger partial charge in [-0.3, -0.25) is 4.79 Å². The summed E-state index contributed by atoms with van der Waals surface area (Å²) in [6.07, 6.45) is -3.91. The van der Waals surface area contributed by atoms with Crippen LogP contribution in [0.15, 0.2) is 58.9 Å². The van der Waals surface area contributed by atoms with Crippen LogP contribution in [0.5, 0.6) is 0 Å². The molecule has 0 fully saturated rings. The van der Waals surface area contributed by atoms with Gasteiger partial charge in [0.05, 0.1) is 18.3 Å². The van der Waals surface area contributed by atoms with Crippen LogP contribution >= 0.6 is 11.3 Å². The van der Waals surface area contributed by atoms with Crippen molar-refractivity contribution in [2.75, 3.05) is 10.2 Å². The molecule has 0 spiro atoms. The normalized spacial score (nSPS) is 15.6. The highest BCUT2D eigenvalue weighted by atomic mass is 32.1. The number of fused-ring (bicyclic) bond motifs is 1. The van der Waals surface area contributed by atoms with Crippen molar-refractivity contribution < 1.29 is 22.4 Å². The maximum absolute atomic E-state index is 13.9. The van der Waals surface area contributed by atoms with Crippen LogP contribution in [0.2, 0.25) is 0 Å². The molecule has 0 saturated heterocycles. The van der Waals surface area contributed by atoms with E-state index in [1.54, 1.807) is 35.5 Å². The number of nitrogens with one attached hydrogen (secondary N) is 1. The van der Waals surface area contributed by atoms with Crippen molar-refractivity contribution >= 4 is 40.0 Å². The van der Waals surface area contributed by atoms with E-state index in [9.17, 15) is 22.4 Å². The van der Waals surface area contributed by atoms with Crippen LogP contribution in [0, 0.1) is 5.82 Å². The third kappa shape index (κ3) is 4.44. The van der Waals surface area contributed by atoms with Crippen molar-refractivity contribution in [3.8, 4) is 0 Å². The number of carbonyl (C=O) groups is 1. The molecule has 31 heavy (non-hydrogen) atoms. The highest BCUT2D eigenvalue weighted by molar-refractivity contribution is 7.14. The minimum atomic E-state index is -4.61. The lowest BCUT2D eigenvalue weighted by atomic mass is 10.1. The molecule has 1 aromatic heterocycles. The molecule has 2 heterocycles. The number of nitrogens with two attached hydrogens (primary N) is 1. The van der Waals surface area contributed by atoms with Gasteiger partial charge in [0.1, 0.15) is 17.0 Å². The Labute approximate surface area is 178 Å². The highest BCUT2D eigenvalue weighted by Gasteiger charge is 2.31. The Morgan fingerprint density at radius 1 is 1.16 bits per heavy atom. The molecule has 1 aliphatic rings. The molecule has 2 aromatic carbocycles. The van der Waals surface area contributed by atoms with Crippen LogP contribution in [-0.2, 0) is 17.4 Å². The predicted molar refractivity (Wildman–Crippen MR) is 112 cm³/mol. The number of hydrogen-bond acceptors (Lipinski definition) is 5. The summed E-state index contributed by atoms with van der Waals surface area (Å²) in [6, 6.07) is 10.6. The van der Waals surface area contributed by atoms with Gasteiger partial charge in [-0.1, -0.05) is 0 Å². The Balaban J connectivity index is 1.43. The molecule has 3 aromatic rings. The average molecular weight is 448 g/mol. The summed E-state index contributed by atoms with van der Waals surface area (Å²) in [5.74, 6) is -1.50. The Bertz CT molecular complexity index is 1140. The third-order valence-corrected chi connectivity index (χ3v) is 5.60. The standard InChI is InChI=1S/C21H16F4N4OS/c22-17-6-1-13(21(23,24)25)9-12(17)10-18(30)28-14-2-4-15(5-3-14)29-11-27-20-16(19(29)26)7-8-31-20/h1-9,11,19H,10,26H2,(H,28,30). The first-order chi connectivity index (χ1) is 14.7. The first kappa shape index (κ1) is 21.0. The zero-order valence-electron chi connectivity index (χ0n) is 15.9. The predicted octanol–water partition coefficient (Wildman–Crippen LogP) is 5.22. The first-order valence-corrected chi connectivity index (χ1v) is 10.0. The molecular formula is C21H16F4N4OS. The third-order valence-electron chi connectivity index (χ3n) is 4.77. The van der Waals surface area contributed by atoms with E-state index >= 15 is 0 Å². The number of nitrogens with zero attached hydrogens (tertiary/aromatic N) is 2. The molecule has 5 nitrogen and oxygen atoms in total. The van der Waals surface area contributed by atoms with Crippen molar-refractivity contribution in [3.05, 3.63) is 76.4 Å². The summed E-state index contributed by atoms with van der Waals surface area (Å²) < 4.78 is 52.3. The van der Waals surface area contributed by atoms with Crippen LogP contribution < -0.4 is 16.0 Å². The van der Waals surface area contributed by atoms with Gasteiger partial charge in [0, 0.05) is 16.9 Å². The van der Waals surface area contributed by atoms with Gasteiger partial charge in [0.15, 0.2) is 0 Å². The SMILES string of the molecule is NC1c2ccsc2N=CN1c1ccc(NC(=O)Cc2cc(C(F)(F)F)ccc2F)cc1. The molecule has 1 amide bonds. The summed E-state index contributed by atoms with van der Waals surface area (Å²) in [7, 11) is 0. The second-order valence-electron chi connectivity index (χ2n) is 6.85. The van der Waals surface area contributed by atoms with E-state index in [0.29, 0.717) is 23.9 Å². The van der Waals surface area contributed by atoms with Gasteiger partial charge in [0.25, 0.3) is 0 Å². The minimum Gasteiger partial charge on any atom is -0.326 e. The van der Waals surface area contributed by atoms with Gasteiger partial charge < -0.3 is 16.0 Å². The number of rotatable bonds is 4. The lowest BCUT2D eigenvalue weighted by Gasteiger charge is -2.29. The van der Waals surface area contributed by atoms with Crippen LogP contribution in [0.4, 0.5) is 33.9 Å². The van der Waals surface area contributed by atoms with E-state index in [-0.39, 0.29) is 5.56 Å². The number of halogens is 4. The summed E-state index contributed by atoms with van der Waals surface area (Å²) in [5.41, 5.74) is 7.02. The quantitative estimate of drug-likeness (QED) is 0.538. The summed E-state index contributed by atoms with van der Waals surface area (Å²) in [6.45, 7) is 0. The number of amides is 1. The maximum Gasteiger partial charge on any atom is 0.416 e. The summed E-state index contributed by atoms with van der Waals surface area (Å²) in [5, 5.41) is 5.33. The Morgan fingerprint density at radius 2 is 1.90 bits per heavy atom. The molecule has 4 rings (SSSR count). The molecular weight excluding hydrogens is 432 g/mol. The fourth-order valence-electron chi connectivity index (χ4n) is 3.19. The lowest BCUT2D eigenvalue weighted by molar-refractivity contribution is -0.137. The Morgan fingerprint density at radius 3 is 2.61 bits per heavy atom. The molecule has 0 aliphatic carbocycles. The first-order valence-electron chi connectivity index (χ1n) is 9.13. The topological polar surface area (TPSA) is 70.7 Å². The largest absolute Gasteiger partial charge is 0.416 e. The molecule has 0 bridgehead atoms. The summed E-state index contributed by atoms with van der Waals surface area (Å²) in [4.78, 5) is 18.4. The minimum absolute atomic E-state index is 0.328.